The molecule has 6 N–H and O–H groups in total. The van der Waals surface area contributed by atoms with Crippen LogP contribution < -0.4 is 0 Å². The number of halogens is 1. The number of phosphoric acid groups is 3. The zero-order valence-electron chi connectivity index (χ0n) is 14.7. The van der Waals surface area contributed by atoms with Crippen molar-refractivity contribution in [1.82, 2.24) is 9.55 Å². The van der Waals surface area contributed by atoms with Gasteiger partial charge in [-0.2, -0.15) is 8.62 Å². The highest BCUT2D eigenvalue weighted by Gasteiger charge is 2.55. The second kappa shape index (κ2) is 8.96. The molecule has 1 aromatic heterocycles. The number of nitrogens with one attached hydrogen (secondary N) is 1. The molecule has 0 spiro atoms. The molecule has 3 unspecified atom stereocenters. The molecular weight excluding hydrogens is 516 g/mol. The highest BCUT2D eigenvalue weighted by Crippen LogP contribution is 2.66. The first-order valence-corrected chi connectivity index (χ1v) is 12.9. The molecule has 1 aromatic rings. The van der Waals surface area contributed by atoms with Gasteiger partial charge >= 0.3 is 23.5 Å². The largest absolute Gasteiger partial charge is 0.490 e. The maximum atomic E-state index is 15.1. The van der Waals surface area contributed by atoms with Gasteiger partial charge in [-0.15, -0.1) is 0 Å². The summed E-state index contributed by atoms with van der Waals surface area (Å²) in [4.78, 5) is 38.1. The van der Waals surface area contributed by atoms with Crippen molar-refractivity contribution in [3.05, 3.63) is 21.7 Å². The minimum atomic E-state index is -5.72. The van der Waals surface area contributed by atoms with Crippen molar-refractivity contribution in [2.45, 2.75) is 31.0 Å². The van der Waals surface area contributed by atoms with E-state index in [9.17, 15) is 23.7 Å². The predicted octanol–water partition coefficient (Wildman–Crippen LogP) is 1.60. The number of nitrogens with zero attached hydrogens (tertiary/aromatic N) is 1. The van der Waals surface area contributed by atoms with Gasteiger partial charge in [-0.1, -0.05) is 12.2 Å². The van der Waals surface area contributed by atoms with Gasteiger partial charge in [0.2, 0.25) is 0 Å². The maximum Gasteiger partial charge on any atom is 0.490 e. The number of phosphoric ester groups is 1. The normalized spacial score (nSPS) is 31.2. The molecule has 1 saturated heterocycles. The van der Waals surface area contributed by atoms with Gasteiger partial charge in [0.15, 0.2) is 16.7 Å². The van der Waals surface area contributed by atoms with Crippen molar-refractivity contribution in [2.75, 3.05) is 6.61 Å². The van der Waals surface area contributed by atoms with Crippen molar-refractivity contribution in [1.29, 1.82) is 0 Å². The van der Waals surface area contributed by atoms with Gasteiger partial charge in [0.1, 0.15) is 16.8 Å². The van der Waals surface area contributed by atoms with Crippen molar-refractivity contribution >= 4 is 47.9 Å². The fourth-order valence-electron chi connectivity index (χ4n) is 2.43. The summed E-state index contributed by atoms with van der Waals surface area (Å²) in [5, 5.41) is 10.2. The number of aliphatic hydroxyl groups excluding tert-OH is 1. The van der Waals surface area contributed by atoms with Crippen LogP contribution in [0.5, 0.6) is 0 Å². The summed E-state index contributed by atoms with van der Waals surface area (Å²) in [6.07, 6.45) is -3.72. The smallest absolute Gasteiger partial charge is 0.387 e. The monoisotopic (exact) mass is 532 g/mol. The average Bonchev–Trinajstić information content (AvgIpc) is 2.73. The lowest BCUT2D eigenvalue weighted by molar-refractivity contribution is -0.0594. The van der Waals surface area contributed by atoms with E-state index in [4.69, 9.17) is 43.9 Å². The molecule has 172 valence electrons. The minimum absolute atomic E-state index is 0.0443. The van der Waals surface area contributed by atoms with Gasteiger partial charge in [-0.25, -0.2) is 18.1 Å². The van der Waals surface area contributed by atoms with Gasteiger partial charge in [0, 0.05) is 6.20 Å². The van der Waals surface area contributed by atoms with E-state index in [0.29, 0.717) is 0 Å². The van der Waals surface area contributed by atoms with Gasteiger partial charge in [-0.05, 0) is 25.2 Å². The number of hydrogen-bond acceptors (Lipinski definition) is 10. The quantitative estimate of drug-likeness (QED) is 0.208. The molecule has 0 bridgehead atoms. The molecule has 0 radical (unpaired) electrons. The van der Waals surface area contributed by atoms with E-state index in [1.165, 1.54) is 12.3 Å². The van der Waals surface area contributed by atoms with Crippen LogP contribution in [0.3, 0.4) is 0 Å². The Morgan fingerprint density at radius 3 is 2.37 bits per heavy atom. The second-order valence-electron chi connectivity index (χ2n) is 6.03. The Hall–Kier alpha value is -0.220. The SMILES string of the molecule is C[C@@]1(F)C(O)[C@@H](COP(=O)(O)OP(=O)(O)OP(=O)(O)O)O[C@H]1n1ccc(=S)[nH]c1=S. The summed E-state index contributed by atoms with van der Waals surface area (Å²) in [5.41, 5.74) is -2.47. The summed E-state index contributed by atoms with van der Waals surface area (Å²) >= 11 is 9.90. The van der Waals surface area contributed by atoms with Crippen LogP contribution in [0, 0.1) is 9.41 Å². The standard InChI is InChI=1S/C10H16FN2O12P3S2/c1-10(11)7(14)5(23-8(10)13-3-2-6(29)12-9(13)30)4-22-27(18,19)25-28(20,21)24-26(15,16)17/h2-3,5,7-8,14H,4H2,1H3,(H,18,19)(H,20,21)(H,12,29,30)(H2,15,16,17)/t5-,7?,8-,10-/m1/s1. The Morgan fingerprint density at radius 2 is 1.83 bits per heavy atom. The van der Waals surface area contributed by atoms with E-state index < -0.39 is 54.2 Å². The van der Waals surface area contributed by atoms with E-state index in [1.54, 1.807) is 0 Å². The Balaban J connectivity index is 2.13. The first-order valence-electron chi connectivity index (χ1n) is 7.56. The first kappa shape index (κ1) is 26.0. The third-order valence-electron chi connectivity index (χ3n) is 3.64. The summed E-state index contributed by atoms with van der Waals surface area (Å²) in [5.74, 6) is 0. The molecule has 6 atom stereocenters. The van der Waals surface area contributed by atoms with Crippen molar-refractivity contribution < 1.29 is 60.6 Å². The summed E-state index contributed by atoms with van der Waals surface area (Å²) in [6, 6.07) is 1.37. The summed E-state index contributed by atoms with van der Waals surface area (Å²) < 4.78 is 66.8. The van der Waals surface area contributed by atoms with E-state index in [0.717, 1.165) is 11.5 Å². The Labute approximate surface area is 177 Å². The van der Waals surface area contributed by atoms with Crippen LogP contribution in [0.1, 0.15) is 13.2 Å². The van der Waals surface area contributed by atoms with Crippen molar-refractivity contribution in [3.8, 4) is 0 Å². The van der Waals surface area contributed by atoms with Crippen LogP contribution in [-0.4, -0.2) is 58.7 Å². The van der Waals surface area contributed by atoms with E-state index >= 15 is 4.39 Å². The van der Waals surface area contributed by atoms with E-state index in [2.05, 4.69) is 18.1 Å². The molecule has 1 aliphatic rings. The predicted molar refractivity (Wildman–Crippen MR) is 99.7 cm³/mol. The van der Waals surface area contributed by atoms with Crippen LogP contribution in [0.2, 0.25) is 0 Å². The number of alkyl halides is 1. The van der Waals surface area contributed by atoms with Gasteiger partial charge in [0.05, 0.1) is 6.61 Å². The fraction of sp³-hybridized carbons (Fsp3) is 0.600. The molecule has 14 nitrogen and oxygen atoms in total. The van der Waals surface area contributed by atoms with Crippen LogP contribution in [-0.2, 0) is 31.6 Å². The molecule has 0 aliphatic carbocycles. The molecule has 0 amide bonds. The number of aromatic nitrogens is 2. The molecule has 0 aromatic carbocycles. The molecule has 1 fully saturated rings. The zero-order chi connectivity index (χ0) is 23.1. The topological polar surface area (TPSA) is 210 Å². The summed E-state index contributed by atoms with van der Waals surface area (Å²) in [6.45, 7) is -0.0619. The number of ether oxygens (including phenoxy) is 1. The summed E-state index contributed by atoms with van der Waals surface area (Å²) in [7, 11) is -16.7. The molecule has 1 aliphatic heterocycles. The Morgan fingerprint density at radius 1 is 1.23 bits per heavy atom. The molecule has 0 saturated carbocycles. The highest BCUT2D eigenvalue weighted by atomic mass is 32.1. The van der Waals surface area contributed by atoms with Crippen molar-refractivity contribution in [2.24, 2.45) is 0 Å². The molecule has 30 heavy (non-hydrogen) atoms. The number of aliphatic hydroxyl groups is 1. The van der Waals surface area contributed by atoms with Crippen LogP contribution >= 0.6 is 47.9 Å². The van der Waals surface area contributed by atoms with Gasteiger partial charge in [-0.3, -0.25) is 9.09 Å². The lowest BCUT2D eigenvalue weighted by Crippen LogP contribution is -2.40. The van der Waals surface area contributed by atoms with Crippen molar-refractivity contribution in [3.63, 3.8) is 0 Å². The van der Waals surface area contributed by atoms with E-state index in [1.807, 2.05) is 0 Å². The fourth-order valence-corrected chi connectivity index (χ4v) is 5.95. The zero-order valence-corrected chi connectivity index (χ0v) is 19.0. The number of rotatable bonds is 8. The number of aromatic amines is 1. The molecule has 2 heterocycles. The molecular formula is C10H16FN2O12P3S2. The third kappa shape index (κ3) is 6.64. The lowest BCUT2D eigenvalue weighted by atomic mass is 9.99. The third-order valence-corrected chi connectivity index (χ3v) is 7.99. The van der Waals surface area contributed by atoms with Crippen LogP contribution in [0.4, 0.5) is 4.39 Å². The minimum Gasteiger partial charge on any atom is -0.387 e. The Bertz CT molecular complexity index is 1060. The second-order valence-corrected chi connectivity index (χ2v) is 11.3. The Kier molecular flexibility index (Phi) is 7.78. The number of hydrogen-bond donors (Lipinski definition) is 6. The lowest BCUT2D eigenvalue weighted by Gasteiger charge is -2.25. The van der Waals surface area contributed by atoms with Crippen LogP contribution in [0.25, 0.3) is 0 Å². The molecule has 20 heteroatoms. The average molecular weight is 532 g/mol. The van der Waals surface area contributed by atoms with Gasteiger partial charge < -0.3 is 34.4 Å². The maximum absolute atomic E-state index is 15.1. The van der Waals surface area contributed by atoms with E-state index in [-0.39, 0.29) is 9.41 Å². The first-order chi connectivity index (χ1) is 13.4. The highest BCUT2D eigenvalue weighted by molar-refractivity contribution is 7.72. The number of H-pyrrole nitrogens is 1. The molecule has 2 rings (SSSR count). The van der Waals surface area contributed by atoms with Crippen LogP contribution in [0.15, 0.2) is 12.3 Å². The van der Waals surface area contributed by atoms with Gasteiger partial charge in [0.25, 0.3) is 0 Å².